The minimum absolute atomic E-state index is 0.0389. The van der Waals surface area contributed by atoms with Crippen LogP contribution in [0.25, 0.3) is 5.78 Å². The molecule has 0 saturated carbocycles. The zero-order chi connectivity index (χ0) is 17.3. The van der Waals surface area contributed by atoms with Gasteiger partial charge in [-0.05, 0) is 32.9 Å². The van der Waals surface area contributed by atoms with E-state index >= 15 is 0 Å². The molecule has 3 heterocycles. The highest BCUT2D eigenvalue weighted by Crippen LogP contribution is 2.16. The molecule has 0 aromatic carbocycles. The quantitative estimate of drug-likeness (QED) is 0.520. The molecule has 8 heteroatoms. The van der Waals surface area contributed by atoms with E-state index < -0.39 is 5.97 Å². The van der Waals surface area contributed by atoms with E-state index in [2.05, 4.69) is 15.1 Å². The topological polar surface area (TPSA) is 86.5 Å². The van der Waals surface area contributed by atoms with Gasteiger partial charge in [0, 0.05) is 21.8 Å². The Hall–Kier alpha value is -2.61. The molecule has 0 spiro atoms. The lowest BCUT2D eigenvalue weighted by Crippen LogP contribution is -2.17. The van der Waals surface area contributed by atoms with Crippen LogP contribution in [0.15, 0.2) is 18.5 Å². The van der Waals surface area contributed by atoms with Gasteiger partial charge in [0.2, 0.25) is 5.78 Å². The van der Waals surface area contributed by atoms with Crippen molar-refractivity contribution >= 4 is 28.9 Å². The van der Waals surface area contributed by atoms with Gasteiger partial charge in [-0.25, -0.2) is 9.50 Å². The van der Waals surface area contributed by atoms with Crippen molar-refractivity contribution in [1.29, 1.82) is 0 Å². The highest BCUT2D eigenvalue weighted by Gasteiger charge is 2.17. The first-order valence-corrected chi connectivity index (χ1v) is 8.18. The number of fused-ring (bicyclic) bond motifs is 1. The molecule has 0 fully saturated rings. The summed E-state index contributed by atoms with van der Waals surface area (Å²) in [6, 6.07) is 3.61. The van der Waals surface area contributed by atoms with Crippen LogP contribution in [0.5, 0.6) is 0 Å². The Morgan fingerprint density at radius 2 is 2.04 bits per heavy atom. The number of ether oxygens (including phenoxy) is 1. The third-order valence-electron chi connectivity index (χ3n) is 3.69. The predicted molar refractivity (Wildman–Crippen MR) is 88.3 cm³/mol. The van der Waals surface area contributed by atoms with Crippen LogP contribution < -0.4 is 0 Å². The molecule has 0 radical (unpaired) electrons. The molecule has 0 saturated heterocycles. The number of ketones is 1. The molecule has 0 aliphatic heterocycles. The molecule has 3 aromatic heterocycles. The van der Waals surface area contributed by atoms with E-state index in [4.69, 9.17) is 4.74 Å². The summed E-state index contributed by atoms with van der Waals surface area (Å²) >= 11 is 1.39. The third-order valence-corrected chi connectivity index (χ3v) is 4.73. The molecule has 3 rings (SSSR count). The molecule has 7 nitrogen and oxygen atoms in total. The van der Waals surface area contributed by atoms with E-state index in [1.54, 1.807) is 10.6 Å². The molecule has 0 unspecified atom stereocenters. The standard InChI is InChI=1S/C16H16N4O3S/c1-9-4-5-14(24-9)13(21)7-23-15(22)6-12-10(2)19-16-17-8-18-20(16)11(12)3/h4-5,8H,6-7H2,1-3H3. The maximum atomic E-state index is 12.1. The predicted octanol–water partition coefficient (Wildman–Crippen LogP) is 2.08. The maximum Gasteiger partial charge on any atom is 0.310 e. The van der Waals surface area contributed by atoms with Crippen LogP contribution in [0, 0.1) is 20.8 Å². The van der Waals surface area contributed by atoms with Crippen LogP contribution in [-0.4, -0.2) is 37.9 Å². The summed E-state index contributed by atoms with van der Waals surface area (Å²) in [6.45, 7) is 5.32. The maximum absolute atomic E-state index is 12.1. The number of nitrogens with zero attached hydrogens (tertiary/aromatic N) is 4. The van der Waals surface area contributed by atoms with Gasteiger partial charge in [0.25, 0.3) is 5.78 Å². The molecule has 3 aromatic rings. The monoisotopic (exact) mass is 344 g/mol. The van der Waals surface area contributed by atoms with Crippen molar-refractivity contribution < 1.29 is 14.3 Å². The number of hydrogen-bond acceptors (Lipinski definition) is 7. The highest BCUT2D eigenvalue weighted by molar-refractivity contribution is 7.14. The second-order valence-corrected chi connectivity index (χ2v) is 6.69. The molecule has 0 aliphatic carbocycles. The van der Waals surface area contributed by atoms with Crippen LogP contribution in [0.2, 0.25) is 0 Å². The normalized spacial score (nSPS) is 11.0. The number of aromatic nitrogens is 4. The average molecular weight is 344 g/mol. The van der Waals surface area contributed by atoms with Crippen molar-refractivity contribution in [3.63, 3.8) is 0 Å². The summed E-state index contributed by atoms with van der Waals surface area (Å²) in [4.78, 5) is 34.1. The van der Waals surface area contributed by atoms with Crippen molar-refractivity contribution in [2.24, 2.45) is 0 Å². The smallest absolute Gasteiger partial charge is 0.310 e. The van der Waals surface area contributed by atoms with Crippen molar-refractivity contribution in [2.45, 2.75) is 27.2 Å². The number of esters is 1. The molecular weight excluding hydrogens is 328 g/mol. The fourth-order valence-corrected chi connectivity index (χ4v) is 3.20. The first kappa shape index (κ1) is 16.3. The highest BCUT2D eigenvalue weighted by atomic mass is 32.1. The van der Waals surface area contributed by atoms with E-state index in [1.807, 2.05) is 26.8 Å². The Morgan fingerprint density at radius 3 is 2.75 bits per heavy atom. The molecule has 0 atom stereocenters. The average Bonchev–Trinajstić information content (AvgIpc) is 3.18. The summed E-state index contributed by atoms with van der Waals surface area (Å²) in [6.07, 6.45) is 1.45. The first-order valence-electron chi connectivity index (χ1n) is 7.37. The molecule has 124 valence electrons. The molecule has 24 heavy (non-hydrogen) atoms. The Bertz CT molecular complexity index is 929. The van der Waals surface area contributed by atoms with Gasteiger partial charge in [-0.15, -0.1) is 11.3 Å². The van der Waals surface area contributed by atoms with Crippen LogP contribution in [0.4, 0.5) is 0 Å². The number of carbonyl (C=O) groups is 2. The van der Waals surface area contributed by atoms with Crippen molar-refractivity contribution in [1.82, 2.24) is 19.6 Å². The van der Waals surface area contributed by atoms with E-state index in [0.717, 1.165) is 16.1 Å². The number of carbonyl (C=O) groups excluding carboxylic acids is 2. The fourth-order valence-electron chi connectivity index (χ4n) is 2.41. The molecule has 0 bridgehead atoms. The summed E-state index contributed by atoms with van der Waals surface area (Å²) in [5.41, 5.74) is 2.22. The summed E-state index contributed by atoms with van der Waals surface area (Å²) in [5, 5.41) is 4.08. The minimum atomic E-state index is -0.468. The Morgan fingerprint density at radius 1 is 1.25 bits per heavy atom. The Balaban J connectivity index is 1.68. The second kappa shape index (κ2) is 6.48. The number of rotatable bonds is 5. The van der Waals surface area contributed by atoms with Crippen molar-refractivity contribution in [2.75, 3.05) is 6.61 Å². The zero-order valence-corrected chi connectivity index (χ0v) is 14.4. The van der Waals surface area contributed by atoms with Gasteiger partial charge in [-0.2, -0.15) is 10.1 Å². The molecule has 0 N–H and O–H groups in total. The minimum Gasteiger partial charge on any atom is -0.457 e. The van der Waals surface area contributed by atoms with Crippen molar-refractivity contribution in [3.05, 3.63) is 45.2 Å². The lowest BCUT2D eigenvalue weighted by atomic mass is 10.1. The van der Waals surface area contributed by atoms with Gasteiger partial charge in [0.15, 0.2) is 6.61 Å². The third kappa shape index (κ3) is 3.18. The van der Waals surface area contributed by atoms with Gasteiger partial charge in [-0.3, -0.25) is 9.59 Å². The Kier molecular flexibility index (Phi) is 4.39. The molecular formula is C16H16N4O3S. The van der Waals surface area contributed by atoms with Gasteiger partial charge < -0.3 is 4.74 Å². The van der Waals surface area contributed by atoms with E-state index in [-0.39, 0.29) is 18.8 Å². The fraction of sp³-hybridized carbons (Fsp3) is 0.312. The van der Waals surface area contributed by atoms with E-state index in [9.17, 15) is 9.59 Å². The van der Waals surface area contributed by atoms with Crippen LogP contribution >= 0.6 is 11.3 Å². The van der Waals surface area contributed by atoms with Crippen LogP contribution in [0.1, 0.15) is 31.5 Å². The SMILES string of the molecule is Cc1ccc(C(=O)COC(=O)Cc2c(C)nc3ncnn3c2C)s1. The number of hydrogen-bond donors (Lipinski definition) is 0. The van der Waals surface area contributed by atoms with Gasteiger partial charge >= 0.3 is 5.97 Å². The van der Waals surface area contributed by atoms with Gasteiger partial charge in [0.1, 0.15) is 6.33 Å². The lowest BCUT2D eigenvalue weighted by molar-refractivity contribution is -0.141. The van der Waals surface area contributed by atoms with E-state index in [0.29, 0.717) is 16.3 Å². The molecule has 0 aliphatic rings. The molecule has 0 amide bonds. The number of aryl methyl sites for hydroxylation is 3. The van der Waals surface area contributed by atoms with Gasteiger partial charge in [0.05, 0.1) is 11.3 Å². The van der Waals surface area contributed by atoms with Gasteiger partial charge in [-0.1, -0.05) is 0 Å². The summed E-state index contributed by atoms with van der Waals surface area (Å²) < 4.78 is 6.70. The lowest BCUT2D eigenvalue weighted by Gasteiger charge is -2.10. The first-order chi connectivity index (χ1) is 11.5. The number of Topliss-reactive ketones (excluding diaryl/α,β-unsaturated/α-hetero) is 1. The summed E-state index contributed by atoms with van der Waals surface area (Å²) in [7, 11) is 0. The second-order valence-electron chi connectivity index (χ2n) is 5.40. The van der Waals surface area contributed by atoms with E-state index in [1.165, 1.54) is 17.7 Å². The summed E-state index contributed by atoms with van der Waals surface area (Å²) in [5.74, 6) is -0.172. The Labute approximate surface area is 142 Å². The van der Waals surface area contributed by atoms with Crippen molar-refractivity contribution in [3.8, 4) is 0 Å². The van der Waals surface area contributed by atoms with Crippen LogP contribution in [-0.2, 0) is 16.0 Å². The number of thiophene rings is 1. The largest absolute Gasteiger partial charge is 0.457 e. The zero-order valence-electron chi connectivity index (χ0n) is 13.6. The van der Waals surface area contributed by atoms with Crippen LogP contribution in [0.3, 0.4) is 0 Å².